The zero-order chi connectivity index (χ0) is 15.2. The Bertz CT molecular complexity index is 712. The van der Waals surface area contributed by atoms with Crippen LogP contribution >= 0.6 is 0 Å². The van der Waals surface area contributed by atoms with Gasteiger partial charge in [-0.2, -0.15) is 10.1 Å². The van der Waals surface area contributed by atoms with E-state index < -0.39 is 0 Å². The molecule has 0 amide bonds. The van der Waals surface area contributed by atoms with E-state index in [1.807, 2.05) is 25.7 Å². The predicted octanol–water partition coefficient (Wildman–Crippen LogP) is 0.836. The minimum Gasteiger partial charge on any atom is -0.391 e. The highest BCUT2D eigenvalue weighted by Crippen LogP contribution is 2.21. The summed E-state index contributed by atoms with van der Waals surface area (Å²) >= 11 is 0. The summed E-state index contributed by atoms with van der Waals surface area (Å²) in [6.07, 6.45) is 2.87. The van der Waals surface area contributed by atoms with Crippen LogP contribution in [0.15, 0.2) is 11.0 Å². The lowest BCUT2D eigenvalue weighted by Gasteiger charge is -2.30. The number of H-pyrrole nitrogens is 1. The van der Waals surface area contributed by atoms with Gasteiger partial charge in [0.25, 0.3) is 5.56 Å². The zero-order valence-corrected chi connectivity index (χ0v) is 12.6. The zero-order valence-electron chi connectivity index (χ0n) is 12.6. The number of aliphatic hydroxyl groups excluding tert-OH is 1. The van der Waals surface area contributed by atoms with Gasteiger partial charge < -0.3 is 10.0 Å². The van der Waals surface area contributed by atoms with E-state index in [2.05, 4.69) is 15.1 Å². The summed E-state index contributed by atoms with van der Waals surface area (Å²) < 4.78 is 1.77. The number of aliphatic hydroxyl groups is 1. The summed E-state index contributed by atoms with van der Waals surface area (Å²) in [5.41, 5.74) is 0.146. The third-order valence-electron chi connectivity index (χ3n) is 3.76. The first kappa shape index (κ1) is 14.1. The molecule has 0 radical (unpaired) electrons. The molecule has 1 atom stereocenters. The molecular weight excluding hydrogens is 270 g/mol. The molecular formula is C14H21N5O2. The number of hydrogen-bond donors (Lipinski definition) is 2. The van der Waals surface area contributed by atoms with Crippen molar-refractivity contribution in [2.45, 2.75) is 45.3 Å². The molecule has 2 N–H and O–H groups in total. The highest BCUT2D eigenvalue weighted by molar-refractivity contribution is 5.74. The topological polar surface area (TPSA) is 87.0 Å². The van der Waals surface area contributed by atoms with Gasteiger partial charge in [0.05, 0.1) is 17.8 Å². The van der Waals surface area contributed by atoms with Gasteiger partial charge in [-0.05, 0) is 33.6 Å². The van der Waals surface area contributed by atoms with Crippen molar-refractivity contribution in [2.24, 2.45) is 0 Å². The molecule has 3 rings (SSSR count). The Labute approximate surface area is 122 Å². The number of piperidine rings is 1. The fraction of sp³-hybridized carbons (Fsp3) is 0.643. The number of nitrogens with zero attached hydrogens (tertiary/aromatic N) is 4. The van der Waals surface area contributed by atoms with Crippen LogP contribution in [0, 0.1) is 0 Å². The predicted molar refractivity (Wildman–Crippen MR) is 80.6 cm³/mol. The van der Waals surface area contributed by atoms with Crippen LogP contribution in [-0.4, -0.2) is 44.0 Å². The van der Waals surface area contributed by atoms with Crippen molar-refractivity contribution < 1.29 is 5.11 Å². The van der Waals surface area contributed by atoms with Crippen LogP contribution in [0.5, 0.6) is 0 Å². The number of aromatic nitrogens is 4. The summed E-state index contributed by atoms with van der Waals surface area (Å²) in [6, 6.07) is 0. The molecule has 0 saturated carbocycles. The fourth-order valence-electron chi connectivity index (χ4n) is 2.69. The minimum absolute atomic E-state index is 0.189. The molecule has 1 aliphatic rings. The van der Waals surface area contributed by atoms with E-state index in [0.29, 0.717) is 23.5 Å². The van der Waals surface area contributed by atoms with Crippen LogP contribution < -0.4 is 10.5 Å². The van der Waals surface area contributed by atoms with Crippen molar-refractivity contribution in [3.8, 4) is 0 Å². The maximum Gasteiger partial charge on any atom is 0.263 e. The fourth-order valence-corrected chi connectivity index (χ4v) is 2.69. The molecule has 1 unspecified atom stereocenters. The number of nitrogens with one attached hydrogen (secondary N) is 1. The van der Waals surface area contributed by atoms with Crippen LogP contribution in [0.1, 0.15) is 33.6 Å². The highest BCUT2D eigenvalue weighted by atomic mass is 16.3. The molecule has 3 heterocycles. The van der Waals surface area contributed by atoms with Crippen molar-refractivity contribution in [3.63, 3.8) is 0 Å². The lowest BCUT2D eigenvalue weighted by molar-refractivity contribution is 0.153. The van der Waals surface area contributed by atoms with E-state index in [0.717, 1.165) is 19.4 Å². The third-order valence-corrected chi connectivity index (χ3v) is 3.76. The van der Waals surface area contributed by atoms with E-state index in [9.17, 15) is 9.90 Å². The number of rotatable bonds is 1. The van der Waals surface area contributed by atoms with E-state index in [1.54, 1.807) is 10.9 Å². The Kier molecular flexibility index (Phi) is 3.24. The van der Waals surface area contributed by atoms with Crippen molar-refractivity contribution in [3.05, 3.63) is 16.6 Å². The maximum atomic E-state index is 12.2. The molecule has 1 aliphatic heterocycles. The summed E-state index contributed by atoms with van der Waals surface area (Å²) in [7, 11) is 0. The highest BCUT2D eigenvalue weighted by Gasteiger charge is 2.23. The van der Waals surface area contributed by atoms with Crippen LogP contribution in [0.2, 0.25) is 0 Å². The summed E-state index contributed by atoms with van der Waals surface area (Å²) in [5, 5.41) is 14.6. The second kappa shape index (κ2) is 4.84. The Hall–Kier alpha value is -1.89. The van der Waals surface area contributed by atoms with Crippen molar-refractivity contribution in [1.29, 1.82) is 0 Å². The second-order valence-electron chi connectivity index (χ2n) is 6.60. The Balaban J connectivity index is 2.11. The Morgan fingerprint density at radius 3 is 2.86 bits per heavy atom. The van der Waals surface area contributed by atoms with Crippen LogP contribution in [0.3, 0.4) is 0 Å². The first-order valence-corrected chi connectivity index (χ1v) is 7.28. The van der Waals surface area contributed by atoms with Crippen LogP contribution in [0.25, 0.3) is 11.0 Å². The average Bonchev–Trinajstić information content (AvgIpc) is 2.83. The van der Waals surface area contributed by atoms with Gasteiger partial charge in [0, 0.05) is 13.1 Å². The van der Waals surface area contributed by atoms with E-state index >= 15 is 0 Å². The molecule has 21 heavy (non-hydrogen) atoms. The molecule has 2 aromatic heterocycles. The van der Waals surface area contributed by atoms with Crippen LogP contribution in [-0.2, 0) is 5.54 Å². The largest absolute Gasteiger partial charge is 0.391 e. The molecule has 0 spiro atoms. The van der Waals surface area contributed by atoms with E-state index in [1.165, 1.54) is 0 Å². The lowest BCUT2D eigenvalue weighted by Crippen LogP contribution is -2.40. The van der Waals surface area contributed by atoms with Gasteiger partial charge in [-0.1, -0.05) is 0 Å². The second-order valence-corrected chi connectivity index (χ2v) is 6.60. The van der Waals surface area contributed by atoms with Gasteiger partial charge in [0.1, 0.15) is 5.39 Å². The molecule has 0 bridgehead atoms. The average molecular weight is 291 g/mol. The minimum atomic E-state index is -0.368. The smallest absolute Gasteiger partial charge is 0.263 e. The Morgan fingerprint density at radius 1 is 1.43 bits per heavy atom. The molecule has 7 nitrogen and oxygen atoms in total. The van der Waals surface area contributed by atoms with Crippen molar-refractivity contribution in [2.75, 3.05) is 18.0 Å². The molecule has 0 aromatic carbocycles. The molecule has 7 heteroatoms. The third kappa shape index (κ3) is 2.53. The van der Waals surface area contributed by atoms with Gasteiger partial charge in [-0.25, -0.2) is 4.68 Å². The van der Waals surface area contributed by atoms with Gasteiger partial charge >= 0.3 is 0 Å². The van der Waals surface area contributed by atoms with Gasteiger partial charge in [-0.15, -0.1) is 0 Å². The molecule has 114 valence electrons. The van der Waals surface area contributed by atoms with E-state index in [4.69, 9.17) is 0 Å². The SMILES string of the molecule is CC(C)(C)n1ncc2c(=O)[nH]c(N3CCCC(O)C3)nc21. The van der Waals surface area contributed by atoms with Gasteiger partial charge in [-0.3, -0.25) is 9.78 Å². The standard InChI is InChI=1S/C14H21N5O2/c1-14(2,3)19-11-10(7-15-19)12(21)17-13(16-11)18-6-4-5-9(20)8-18/h7,9,20H,4-6,8H2,1-3H3,(H,16,17,21). The summed E-state index contributed by atoms with van der Waals surface area (Å²) in [5.74, 6) is 0.511. The summed E-state index contributed by atoms with van der Waals surface area (Å²) in [4.78, 5) is 21.5. The first-order chi connectivity index (χ1) is 9.86. The number of anilines is 1. The van der Waals surface area contributed by atoms with E-state index in [-0.39, 0.29) is 17.2 Å². The van der Waals surface area contributed by atoms with Crippen molar-refractivity contribution >= 4 is 17.0 Å². The van der Waals surface area contributed by atoms with Gasteiger partial charge in [0.2, 0.25) is 5.95 Å². The van der Waals surface area contributed by atoms with Crippen LogP contribution in [0.4, 0.5) is 5.95 Å². The van der Waals surface area contributed by atoms with Gasteiger partial charge in [0.15, 0.2) is 5.65 Å². The summed E-state index contributed by atoms with van der Waals surface area (Å²) in [6.45, 7) is 7.35. The lowest BCUT2D eigenvalue weighted by atomic mass is 10.1. The normalized spacial score (nSPS) is 20.2. The number of aromatic amines is 1. The maximum absolute atomic E-state index is 12.2. The molecule has 0 aliphatic carbocycles. The Morgan fingerprint density at radius 2 is 2.19 bits per heavy atom. The first-order valence-electron chi connectivity index (χ1n) is 7.28. The van der Waals surface area contributed by atoms with Crippen molar-refractivity contribution in [1.82, 2.24) is 19.7 Å². The quantitative estimate of drug-likeness (QED) is 0.813. The molecule has 2 aromatic rings. The number of fused-ring (bicyclic) bond motifs is 1. The number of β-amino-alcohol motifs (C(OH)–C–C–N with tert-alkyl or cyclic N) is 1. The molecule has 1 fully saturated rings. The monoisotopic (exact) mass is 291 g/mol. The number of hydrogen-bond acceptors (Lipinski definition) is 5. The molecule has 1 saturated heterocycles.